The van der Waals surface area contributed by atoms with Crippen molar-refractivity contribution in [1.29, 1.82) is 0 Å². The highest BCUT2D eigenvalue weighted by Crippen LogP contribution is 2.45. The van der Waals surface area contributed by atoms with Gasteiger partial charge in [-0.2, -0.15) is 13.2 Å². The molecule has 0 fully saturated rings. The van der Waals surface area contributed by atoms with Crippen molar-refractivity contribution in [1.82, 2.24) is 14.8 Å². The highest BCUT2D eigenvalue weighted by molar-refractivity contribution is 6.30. The van der Waals surface area contributed by atoms with Gasteiger partial charge >= 0.3 is 12.1 Å². The molecule has 0 spiro atoms. The summed E-state index contributed by atoms with van der Waals surface area (Å²) in [5.74, 6) is -1.58. The predicted octanol–water partition coefficient (Wildman–Crippen LogP) is 5.37. The summed E-state index contributed by atoms with van der Waals surface area (Å²) in [6.45, 7) is 3.62. The van der Waals surface area contributed by atoms with E-state index in [9.17, 15) is 18.0 Å². The lowest BCUT2D eigenvalue weighted by atomic mass is 9.97. The molecule has 34 heavy (non-hydrogen) atoms. The number of halogens is 4. The van der Waals surface area contributed by atoms with Crippen LogP contribution in [0, 0.1) is 6.92 Å². The SMILES string of the molecule is CCOC(=O)C[C@@H]1O[C@@H](c2ccc(C)cc2OC)c2cc(Cl)ccc2-n2c1nnc2C(F)(F)F. The minimum absolute atomic E-state index is 0.108. The number of esters is 1. The van der Waals surface area contributed by atoms with Crippen molar-refractivity contribution in [2.75, 3.05) is 13.7 Å². The Kier molecular flexibility index (Phi) is 6.55. The van der Waals surface area contributed by atoms with Crippen LogP contribution in [0.2, 0.25) is 5.02 Å². The van der Waals surface area contributed by atoms with E-state index < -0.39 is 30.2 Å². The van der Waals surface area contributed by atoms with Crippen LogP contribution in [-0.4, -0.2) is 34.5 Å². The molecule has 2 aromatic carbocycles. The zero-order valence-corrected chi connectivity index (χ0v) is 19.3. The van der Waals surface area contributed by atoms with Gasteiger partial charge in [0.15, 0.2) is 5.82 Å². The van der Waals surface area contributed by atoms with Gasteiger partial charge in [-0.15, -0.1) is 10.2 Å². The lowest BCUT2D eigenvalue weighted by molar-refractivity contribution is -0.147. The monoisotopic (exact) mass is 495 g/mol. The maximum Gasteiger partial charge on any atom is 0.452 e. The quantitative estimate of drug-likeness (QED) is 0.443. The number of ether oxygens (including phenoxy) is 3. The van der Waals surface area contributed by atoms with Crippen LogP contribution in [0.3, 0.4) is 0 Å². The van der Waals surface area contributed by atoms with Gasteiger partial charge in [-0.05, 0) is 43.7 Å². The van der Waals surface area contributed by atoms with Gasteiger partial charge in [0, 0.05) is 16.1 Å². The Morgan fingerprint density at radius 1 is 1.18 bits per heavy atom. The molecule has 0 saturated heterocycles. The first kappa shape index (κ1) is 24.0. The minimum atomic E-state index is -4.81. The molecule has 0 N–H and O–H groups in total. The molecule has 0 unspecified atom stereocenters. The maximum atomic E-state index is 13.9. The molecule has 0 radical (unpaired) electrons. The maximum absolute atomic E-state index is 13.9. The summed E-state index contributed by atoms with van der Waals surface area (Å²) in [5.41, 5.74) is 1.95. The molecule has 0 amide bonds. The summed E-state index contributed by atoms with van der Waals surface area (Å²) in [6, 6.07) is 9.83. The third kappa shape index (κ3) is 4.47. The van der Waals surface area contributed by atoms with Crippen molar-refractivity contribution in [3.8, 4) is 11.4 Å². The minimum Gasteiger partial charge on any atom is -0.496 e. The number of aryl methyl sites for hydroxylation is 1. The standard InChI is InChI=1S/C23H21ClF3N3O4/c1-4-33-19(31)11-18-21-28-29-22(23(25,26)27)30(21)16-8-6-13(24)10-15(16)20(34-18)14-7-5-12(2)9-17(14)32-3/h5-10,18,20H,4,11H2,1-3H3/t18-,20-/m0/s1. The van der Waals surface area contributed by atoms with Crippen LogP contribution in [0.4, 0.5) is 13.2 Å². The number of alkyl halides is 3. The average molecular weight is 496 g/mol. The average Bonchev–Trinajstić information content (AvgIpc) is 3.18. The smallest absolute Gasteiger partial charge is 0.452 e. The molecule has 0 aliphatic carbocycles. The second-order valence-electron chi connectivity index (χ2n) is 7.68. The van der Waals surface area contributed by atoms with Gasteiger partial charge in [0.25, 0.3) is 0 Å². The molecule has 3 aromatic rings. The second kappa shape index (κ2) is 9.27. The predicted molar refractivity (Wildman–Crippen MR) is 116 cm³/mol. The van der Waals surface area contributed by atoms with Gasteiger partial charge in [-0.3, -0.25) is 9.36 Å². The van der Waals surface area contributed by atoms with E-state index >= 15 is 0 Å². The largest absolute Gasteiger partial charge is 0.496 e. The van der Waals surface area contributed by atoms with Crippen LogP contribution in [0.25, 0.3) is 5.69 Å². The first-order valence-corrected chi connectivity index (χ1v) is 10.8. The Hall–Kier alpha value is -3.11. The van der Waals surface area contributed by atoms with Crippen LogP contribution < -0.4 is 4.74 Å². The number of fused-ring (bicyclic) bond motifs is 3. The number of benzene rings is 2. The van der Waals surface area contributed by atoms with Crippen LogP contribution >= 0.6 is 11.6 Å². The van der Waals surface area contributed by atoms with Crippen molar-refractivity contribution < 1.29 is 32.2 Å². The molecule has 1 aromatic heterocycles. The highest BCUT2D eigenvalue weighted by atomic mass is 35.5. The van der Waals surface area contributed by atoms with Gasteiger partial charge in [0.2, 0.25) is 5.82 Å². The third-order valence-electron chi connectivity index (χ3n) is 5.37. The number of methoxy groups -OCH3 is 1. The number of carbonyl (C=O) groups excluding carboxylic acids is 1. The van der Waals surface area contributed by atoms with Crippen LogP contribution in [0.5, 0.6) is 5.75 Å². The van der Waals surface area contributed by atoms with E-state index in [1.807, 2.05) is 13.0 Å². The number of aromatic nitrogens is 3. The number of carbonyl (C=O) groups is 1. The first-order chi connectivity index (χ1) is 16.1. The fourth-order valence-corrected chi connectivity index (χ4v) is 4.13. The van der Waals surface area contributed by atoms with Crippen molar-refractivity contribution in [2.45, 2.75) is 38.7 Å². The van der Waals surface area contributed by atoms with Crippen LogP contribution in [-0.2, 0) is 20.4 Å². The topological polar surface area (TPSA) is 75.5 Å². The molecule has 1 aliphatic rings. The van der Waals surface area contributed by atoms with Gasteiger partial charge in [0.05, 0.1) is 25.8 Å². The first-order valence-electron chi connectivity index (χ1n) is 10.4. The molecule has 2 atom stereocenters. The zero-order valence-electron chi connectivity index (χ0n) is 18.5. The summed E-state index contributed by atoms with van der Waals surface area (Å²) >= 11 is 6.25. The molecule has 1 aliphatic heterocycles. The molecule has 7 nitrogen and oxygen atoms in total. The third-order valence-corrected chi connectivity index (χ3v) is 5.61. The van der Waals surface area contributed by atoms with E-state index in [1.165, 1.54) is 25.3 Å². The summed E-state index contributed by atoms with van der Waals surface area (Å²) < 4.78 is 59.5. The molecule has 2 heterocycles. The van der Waals surface area contributed by atoms with Gasteiger partial charge in [-0.1, -0.05) is 23.7 Å². The summed E-state index contributed by atoms with van der Waals surface area (Å²) in [6.07, 6.45) is -7.29. The fraction of sp³-hybridized carbons (Fsp3) is 0.348. The zero-order chi connectivity index (χ0) is 24.6. The van der Waals surface area contributed by atoms with Crippen molar-refractivity contribution in [3.05, 3.63) is 69.8 Å². The van der Waals surface area contributed by atoms with E-state index in [-0.39, 0.29) is 24.5 Å². The van der Waals surface area contributed by atoms with E-state index in [0.29, 0.717) is 21.9 Å². The van der Waals surface area contributed by atoms with Crippen LogP contribution in [0.15, 0.2) is 36.4 Å². The Morgan fingerprint density at radius 2 is 1.94 bits per heavy atom. The van der Waals surface area contributed by atoms with E-state index in [0.717, 1.165) is 10.1 Å². The number of nitrogens with zero attached hydrogens (tertiary/aromatic N) is 3. The van der Waals surface area contributed by atoms with E-state index in [1.54, 1.807) is 19.1 Å². The second-order valence-corrected chi connectivity index (χ2v) is 8.11. The number of rotatable bonds is 5. The van der Waals surface area contributed by atoms with E-state index in [4.69, 9.17) is 25.8 Å². The highest BCUT2D eigenvalue weighted by Gasteiger charge is 2.43. The van der Waals surface area contributed by atoms with Crippen LogP contribution in [0.1, 0.15) is 53.9 Å². The molecule has 11 heteroatoms. The molecule has 4 rings (SSSR count). The lowest BCUT2D eigenvalue weighted by Gasteiger charge is -2.24. The summed E-state index contributed by atoms with van der Waals surface area (Å²) in [4.78, 5) is 12.3. The molecular formula is C23H21ClF3N3O4. The van der Waals surface area contributed by atoms with Crippen molar-refractivity contribution in [2.24, 2.45) is 0 Å². The molecule has 0 bridgehead atoms. The van der Waals surface area contributed by atoms with Gasteiger partial charge in [0.1, 0.15) is 18.0 Å². The van der Waals surface area contributed by atoms with Crippen molar-refractivity contribution in [3.63, 3.8) is 0 Å². The number of hydrogen-bond donors (Lipinski definition) is 0. The molecular weight excluding hydrogens is 475 g/mol. The summed E-state index contributed by atoms with van der Waals surface area (Å²) in [5, 5.41) is 7.45. The Labute approximate surface area is 198 Å². The summed E-state index contributed by atoms with van der Waals surface area (Å²) in [7, 11) is 1.49. The Morgan fingerprint density at radius 3 is 2.62 bits per heavy atom. The van der Waals surface area contributed by atoms with E-state index in [2.05, 4.69) is 10.2 Å². The molecule has 180 valence electrons. The Balaban J connectivity index is 1.98. The Bertz CT molecular complexity index is 1230. The normalized spacial score (nSPS) is 17.5. The van der Waals surface area contributed by atoms with Gasteiger partial charge < -0.3 is 14.2 Å². The fourth-order valence-electron chi connectivity index (χ4n) is 3.95. The van der Waals surface area contributed by atoms with Crippen molar-refractivity contribution >= 4 is 17.6 Å². The molecule has 0 saturated carbocycles. The number of hydrogen-bond acceptors (Lipinski definition) is 6. The van der Waals surface area contributed by atoms with Gasteiger partial charge in [-0.25, -0.2) is 0 Å². The lowest BCUT2D eigenvalue weighted by Crippen LogP contribution is -2.18.